The molecule has 0 unspecified atom stereocenters. The van der Waals surface area contributed by atoms with Crippen molar-refractivity contribution >= 4 is 77.7 Å². The number of aryl methyl sites for hydroxylation is 2. The number of carboxylic acids is 2. The zero-order valence-corrected chi connectivity index (χ0v) is 26.7. The van der Waals surface area contributed by atoms with Crippen LogP contribution in [0.1, 0.15) is 41.4 Å². The van der Waals surface area contributed by atoms with Crippen molar-refractivity contribution in [2.45, 2.75) is 13.1 Å². The predicted octanol–water partition coefficient (Wildman–Crippen LogP) is 5.54. The van der Waals surface area contributed by atoms with E-state index in [2.05, 4.69) is 31.9 Å². The predicted molar refractivity (Wildman–Crippen MR) is 177 cm³/mol. The summed E-state index contributed by atoms with van der Waals surface area (Å²) in [5.41, 5.74) is 14.3. The maximum atomic E-state index is 12.2. The normalized spacial score (nSPS) is 11.3. The van der Waals surface area contributed by atoms with Crippen LogP contribution in [0.15, 0.2) is 81.7 Å². The van der Waals surface area contributed by atoms with E-state index < -0.39 is 23.8 Å². The van der Waals surface area contributed by atoms with E-state index in [0.717, 1.165) is 0 Å². The van der Waals surface area contributed by atoms with Crippen LogP contribution in [0.25, 0.3) is 44.8 Å². The first-order valence-corrected chi connectivity index (χ1v) is 15.2. The van der Waals surface area contributed by atoms with Gasteiger partial charge in [-0.25, -0.2) is 19.6 Å². The molecule has 0 bridgehead atoms. The van der Waals surface area contributed by atoms with Gasteiger partial charge in [-0.1, -0.05) is 31.9 Å². The Balaban J connectivity index is 1.57. The smallest absolute Gasteiger partial charge is 0.336 e. The molecule has 2 aromatic heterocycles. The molecular weight excluding hydrogens is 724 g/mol. The number of aromatic carboxylic acids is 2. The number of amides is 2. The fraction of sp³-hybridized carbons (Fsp3) is 0.0625. The standard InChI is InChI=1S/C32H22Br2N6O6/c33-17-3-5-19(31(43)44)21(13-17)29-37-23-11-15(27(35)41)1-7-25(23)39(29)9-10-40-26-8-2-16(28(36)42)12-24(26)38-30(40)22-14-18(34)4-6-20(22)32(45)46/h1-8,11-14H,9-10H2,(H2,35,41)(H2,36,42)(H,43,44)(H,45,46). The van der Waals surface area contributed by atoms with Crippen LogP contribution in [0.2, 0.25) is 0 Å². The van der Waals surface area contributed by atoms with Gasteiger partial charge in [0.2, 0.25) is 11.8 Å². The molecule has 4 aromatic carbocycles. The molecule has 0 saturated carbocycles. The lowest BCUT2D eigenvalue weighted by Gasteiger charge is -2.15. The number of carboxylic acid groups (broad SMARTS) is 2. The summed E-state index contributed by atoms with van der Waals surface area (Å²) in [4.78, 5) is 57.9. The molecule has 0 saturated heterocycles. The van der Waals surface area contributed by atoms with Crippen LogP contribution in [0.5, 0.6) is 0 Å². The number of primary amides is 2. The zero-order valence-electron chi connectivity index (χ0n) is 23.6. The SMILES string of the molecule is NC(=O)c1ccc2c(c1)nc(-c1cc(Br)ccc1C(=O)O)n2CCn1c(-c2cc(Br)ccc2C(=O)O)nc2cc(C(N)=O)ccc21. The molecule has 12 nitrogen and oxygen atoms in total. The summed E-state index contributed by atoms with van der Waals surface area (Å²) in [6.45, 7) is 0.416. The summed E-state index contributed by atoms with van der Waals surface area (Å²) in [7, 11) is 0. The Bertz CT molecular complexity index is 2120. The molecular formula is C32H22Br2N6O6. The molecule has 6 aromatic rings. The second-order valence-corrected chi connectivity index (χ2v) is 12.1. The Morgan fingerprint density at radius 2 is 1.00 bits per heavy atom. The van der Waals surface area contributed by atoms with Gasteiger partial charge in [-0.2, -0.15) is 0 Å². The summed E-state index contributed by atoms with van der Waals surface area (Å²) >= 11 is 6.85. The van der Waals surface area contributed by atoms with Crippen molar-refractivity contribution in [1.29, 1.82) is 0 Å². The summed E-state index contributed by atoms with van der Waals surface area (Å²) in [5.74, 6) is -2.93. The van der Waals surface area contributed by atoms with Crippen molar-refractivity contribution in [1.82, 2.24) is 19.1 Å². The molecule has 230 valence electrons. The number of benzene rings is 4. The number of hydrogen-bond acceptors (Lipinski definition) is 6. The van der Waals surface area contributed by atoms with Gasteiger partial charge in [0.25, 0.3) is 0 Å². The van der Waals surface area contributed by atoms with Crippen molar-refractivity contribution in [3.05, 3.63) is 104 Å². The molecule has 0 aliphatic rings. The lowest BCUT2D eigenvalue weighted by Crippen LogP contribution is -2.13. The van der Waals surface area contributed by atoms with E-state index in [1.807, 2.05) is 9.13 Å². The van der Waals surface area contributed by atoms with Gasteiger partial charge in [0.05, 0.1) is 33.2 Å². The molecule has 0 atom stereocenters. The number of aromatic nitrogens is 4. The third-order valence-corrected chi connectivity index (χ3v) is 8.51. The van der Waals surface area contributed by atoms with Gasteiger partial charge >= 0.3 is 11.9 Å². The average molecular weight is 746 g/mol. The van der Waals surface area contributed by atoms with Crippen LogP contribution in [0.3, 0.4) is 0 Å². The molecule has 14 heteroatoms. The van der Waals surface area contributed by atoms with Crippen molar-refractivity contribution in [3.63, 3.8) is 0 Å². The van der Waals surface area contributed by atoms with Gasteiger partial charge in [-0.05, 0) is 72.8 Å². The molecule has 2 heterocycles. The van der Waals surface area contributed by atoms with Crippen molar-refractivity contribution in [3.8, 4) is 22.8 Å². The summed E-state index contributed by atoms with van der Waals surface area (Å²) in [5, 5.41) is 20.0. The first-order chi connectivity index (χ1) is 21.9. The highest BCUT2D eigenvalue weighted by Crippen LogP contribution is 2.33. The van der Waals surface area contributed by atoms with Gasteiger partial charge in [0.1, 0.15) is 11.6 Å². The van der Waals surface area contributed by atoms with Crippen LogP contribution < -0.4 is 11.5 Å². The highest BCUT2D eigenvalue weighted by Gasteiger charge is 2.23. The Hall–Kier alpha value is -5.34. The molecule has 46 heavy (non-hydrogen) atoms. The zero-order chi connectivity index (χ0) is 32.9. The molecule has 2 amide bonds. The highest BCUT2D eigenvalue weighted by atomic mass is 79.9. The third-order valence-electron chi connectivity index (χ3n) is 7.52. The topological polar surface area (TPSA) is 196 Å². The van der Waals surface area contributed by atoms with Crippen LogP contribution in [0, 0.1) is 0 Å². The third kappa shape index (κ3) is 5.52. The summed E-state index contributed by atoms with van der Waals surface area (Å²) in [6.07, 6.45) is 0. The molecule has 6 rings (SSSR count). The van der Waals surface area contributed by atoms with Crippen LogP contribution in [0.4, 0.5) is 0 Å². The summed E-state index contributed by atoms with van der Waals surface area (Å²) in [6, 6.07) is 19.1. The highest BCUT2D eigenvalue weighted by molar-refractivity contribution is 9.10. The average Bonchev–Trinajstić information content (AvgIpc) is 3.56. The second-order valence-electron chi connectivity index (χ2n) is 10.3. The number of imidazole rings is 2. The van der Waals surface area contributed by atoms with E-state index in [9.17, 15) is 29.4 Å². The van der Waals surface area contributed by atoms with Crippen LogP contribution >= 0.6 is 31.9 Å². The summed E-state index contributed by atoms with van der Waals surface area (Å²) < 4.78 is 4.91. The number of carbonyl (C=O) groups excluding carboxylic acids is 2. The minimum atomic E-state index is -1.15. The molecule has 0 radical (unpaired) electrons. The number of nitrogens with two attached hydrogens (primary N) is 2. The van der Waals surface area contributed by atoms with Gasteiger partial charge < -0.3 is 30.8 Å². The van der Waals surface area contributed by atoms with E-state index in [4.69, 9.17) is 21.4 Å². The van der Waals surface area contributed by atoms with Gasteiger partial charge in [0, 0.05) is 44.3 Å². The quantitative estimate of drug-likeness (QED) is 0.148. The van der Waals surface area contributed by atoms with Crippen LogP contribution in [-0.2, 0) is 13.1 Å². The van der Waals surface area contributed by atoms with E-state index in [1.165, 1.54) is 12.1 Å². The lowest BCUT2D eigenvalue weighted by molar-refractivity contribution is 0.0686. The first-order valence-electron chi connectivity index (χ1n) is 13.6. The molecule has 0 aliphatic carbocycles. The van der Waals surface area contributed by atoms with E-state index in [0.29, 0.717) is 53.8 Å². The van der Waals surface area contributed by atoms with E-state index in [-0.39, 0.29) is 35.3 Å². The maximum Gasteiger partial charge on any atom is 0.336 e. The lowest BCUT2D eigenvalue weighted by atomic mass is 10.1. The maximum absolute atomic E-state index is 12.2. The van der Waals surface area contributed by atoms with Gasteiger partial charge in [-0.3, -0.25) is 9.59 Å². The molecule has 0 spiro atoms. The largest absolute Gasteiger partial charge is 0.478 e. The Labute approximate surface area is 276 Å². The van der Waals surface area contributed by atoms with Crippen molar-refractivity contribution in [2.75, 3.05) is 0 Å². The minimum absolute atomic E-state index is 0.0165. The molecule has 6 N–H and O–H groups in total. The van der Waals surface area contributed by atoms with E-state index >= 15 is 0 Å². The number of hydrogen-bond donors (Lipinski definition) is 4. The fourth-order valence-electron chi connectivity index (χ4n) is 5.41. The Morgan fingerprint density at radius 1 is 0.609 bits per heavy atom. The van der Waals surface area contributed by atoms with Gasteiger partial charge in [-0.15, -0.1) is 0 Å². The number of fused-ring (bicyclic) bond motifs is 2. The first kappa shape index (κ1) is 30.7. The van der Waals surface area contributed by atoms with Crippen molar-refractivity contribution in [2.24, 2.45) is 11.5 Å². The second kappa shape index (κ2) is 11.9. The van der Waals surface area contributed by atoms with Crippen molar-refractivity contribution < 1.29 is 29.4 Å². The number of halogens is 2. The molecule has 0 fully saturated rings. The van der Waals surface area contributed by atoms with E-state index in [1.54, 1.807) is 60.7 Å². The number of rotatable bonds is 9. The number of nitrogens with zero attached hydrogens (tertiary/aromatic N) is 4. The Morgan fingerprint density at radius 3 is 1.35 bits per heavy atom. The van der Waals surface area contributed by atoms with Gasteiger partial charge in [0.15, 0.2) is 0 Å². The monoisotopic (exact) mass is 744 g/mol. The molecule has 0 aliphatic heterocycles. The fourth-order valence-corrected chi connectivity index (χ4v) is 6.13. The Kier molecular flexibility index (Phi) is 7.92. The number of carbonyl (C=O) groups is 4. The van der Waals surface area contributed by atoms with Crippen LogP contribution in [-0.4, -0.2) is 53.1 Å². The minimum Gasteiger partial charge on any atom is -0.478 e.